The van der Waals surface area contributed by atoms with E-state index in [0.29, 0.717) is 12.6 Å². The Bertz CT molecular complexity index is 618. The fourth-order valence-corrected chi connectivity index (χ4v) is 2.97. The van der Waals surface area contributed by atoms with Crippen molar-refractivity contribution in [2.75, 3.05) is 0 Å². The first-order chi connectivity index (χ1) is 10.1. The summed E-state index contributed by atoms with van der Waals surface area (Å²) in [7, 11) is 0. The highest BCUT2D eigenvalue weighted by molar-refractivity contribution is 5.39. The molecule has 1 aliphatic rings. The second-order valence-corrected chi connectivity index (χ2v) is 6.03. The van der Waals surface area contributed by atoms with Crippen LogP contribution in [-0.4, -0.2) is 9.55 Å². The number of rotatable bonds is 4. The zero-order chi connectivity index (χ0) is 14.8. The lowest BCUT2D eigenvalue weighted by Crippen LogP contribution is -2.17. The topological polar surface area (TPSA) is 53.1 Å². The van der Waals surface area contributed by atoms with Gasteiger partial charge in [0.15, 0.2) is 0 Å². The lowest BCUT2D eigenvalue weighted by atomic mass is 9.88. The number of nitrogens with two attached hydrogens (primary N) is 1. The van der Waals surface area contributed by atoms with Crippen LogP contribution in [0.25, 0.3) is 0 Å². The van der Waals surface area contributed by atoms with Crippen molar-refractivity contribution in [3.63, 3.8) is 0 Å². The van der Waals surface area contributed by atoms with Crippen molar-refractivity contribution in [1.29, 1.82) is 0 Å². The Hall–Kier alpha value is -1.81. The predicted octanol–water partition coefficient (Wildman–Crippen LogP) is 3.38. The second-order valence-electron chi connectivity index (χ2n) is 6.03. The van der Waals surface area contributed by atoms with Crippen molar-refractivity contribution in [2.24, 2.45) is 5.73 Å². The van der Waals surface area contributed by atoms with Crippen LogP contribution in [0, 0.1) is 0 Å². The minimum atomic E-state index is 0.151. The molecule has 0 amide bonds. The van der Waals surface area contributed by atoms with Gasteiger partial charge < -0.3 is 15.0 Å². The molecule has 3 rings (SSSR count). The minimum absolute atomic E-state index is 0.151. The third-order valence-electron chi connectivity index (χ3n) is 4.17. The maximum absolute atomic E-state index is 6.20. The molecule has 1 aliphatic carbocycles. The molecule has 0 spiro atoms. The summed E-state index contributed by atoms with van der Waals surface area (Å²) < 4.78 is 8.07. The fraction of sp³-hybridized carbons (Fsp3) is 0.471. The molecule has 0 unspecified atom stereocenters. The van der Waals surface area contributed by atoms with Gasteiger partial charge in [-0.05, 0) is 56.4 Å². The van der Waals surface area contributed by atoms with E-state index in [9.17, 15) is 0 Å². The fourth-order valence-electron chi connectivity index (χ4n) is 2.97. The molecule has 2 aromatic rings. The third-order valence-corrected chi connectivity index (χ3v) is 4.17. The zero-order valence-corrected chi connectivity index (χ0v) is 12.7. The molecule has 4 heteroatoms. The molecule has 0 saturated heterocycles. The number of hydrogen-bond donors (Lipinski definition) is 1. The Balaban J connectivity index is 1.74. The highest BCUT2D eigenvalue weighted by Crippen LogP contribution is 2.31. The number of nitrogens with zero attached hydrogens (tertiary/aromatic N) is 2. The summed E-state index contributed by atoms with van der Waals surface area (Å²) >= 11 is 0. The SMILES string of the molecule is CC(C)n1cncc1COc1ccc2c(c1)[C@@H](N)CCC2. The second kappa shape index (κ2) is 5.90. The van der Waals surface area contributed by atoms with Gasteiger partial charge in [0.2, 0.25) is 0 Å². The molecule has 1 atom stereocenters. The van der Waals surface area contributed by atoms with E-state index in [0.717, 1.165) is 24.3 Å². The van der Waals surface area contributed by atoms with E-state index in [2.05, 4.69) is 35.5 Å². The van der Waals surface area contributed by atoms with Crippen LogP contribution in [0.3, 0.4) is 0 Å². The molecular weight excluding hydrogens is 262 g/mol. The van der Waals surface area contributed by atoms with Crippen molar-refractivity contribution < 1.29 is 4.74 Å². The quantitative estimate of drug-likeness (QED) is 0.937. The molecule has 1 aromatic carbocycles. The van der Waals surface area contributed by atoms with Gasteiger partial charge in [-0.15, -0.1) is 0 Å². The van der Waals surface area contributed by atoms with Crippen molar-refractivity contribution >= 4 is 0 Å². The Morgan fingerprint density at radius 1 is 1.43 bits per heavy atom. The molecular formula is C17H23N3O. The molecule has 1 aromatic heterocycles. The summed E-state index contributed by atoms with van der Waals surface area (Å²) in [5.41, 5.74) is 9.91. The van der Waals surface area contributed by atoms with Gasteiger partial charge in [0.25, 0.3) is 0 Å². The largest absolute Gasteiger partial charge is 0.487 e. The Morgan fingerprint density at radius 3 is 3.10 bits per heavy atom. The van der Waals surface area contributed by atoms with Crippen LogP contribution in [0.2, 0.25) is 0 Å². The number of aryl methyl sites for hydroxylation is 1. The van der Waals surface area contributed by atoms with Gasteiger partial charge in [0, 0.05) is 12.1 Å². The summed E-state index contributed by atoms with van der Waals surface area (Å²) in [6.07, 6.45) is 7.10. The molecule has 0 fully saturated rings. The highest BCUT2D eigenvalue weighted by Gasteiger charge is 2.17. The van der Waals surface area contributed by atoms with Crippen molar-refractivity contribution in [1.82, 2.24) is 9.55 Å². The number of benzene rings is 1. The molecule has 21 heavy (non-hydrogen) atoms. The van der Waals surface area contributed by atoms with E-state index in [1.54, 1.807) is 0 Å². The summed E-state index contributed by atoms with van der Waals surface area (Å²) in [6, 6.07) is 6.85. The number of hydrogen-bond acceptors (Lipinski definition) is 3. The zero-order valence-electron chi connectivity index (χ0n) is 12.7. The summed E-state index contributed by atoms with van der Waals surface area (Å²) in [5.74, 6) is 0.891. The average Bonchev–Trinajstić information content (AvgIpc) is 2.94. The minimum Gasteiger partial charge on any atom is -0.487 e. The van der Waals surface area contributed by atoms with E-state index >= 15 is 0 Å². The maximum Gasteiger partial charge on any atom is 0.130 e. The monoisotopic (exact) mass is 285 g/mol. The lowest BCUT2D eigenvalue weighted by Gasteiger charge is -2.23. The molecule has 112 valence electrons. The van der Waals surface area contributed by atoms with E-state index in [-0.39, 0.29) is 6.04 Å². The normalized spacial score (nSPS) is 17.8. The van der Waals surface area contributed by atoms with Crippen LogP contribution < -0.4 is 10.5 Å². The molecule has 0 bridgehead atoms. The smallest absolute Gasteiger partial charge is 0.130 e. The molecule has 4 nitrogen and oxygen atoms in total. The van der Waals surface area contributed by atoms with Crippen molar-refractivity contribution in [3.05, 3.63) is 47.5 Å². The van der Waals surface area contributed by atoms with Crippen LogP contribution in [-0.2, 0) is 13.0 Å². The number of imidazole rings is 1. The standard InChI is InChI=1S/C17H23N3O/c1-12(2)20-11-19-9-14(20)10-21-15-7-6-13-4-3-5-17(18)16(13)8-15/h6-9,11-12,17H,3-5,10,18H2,1-2H3/t17-/m0/s1. The first kappa shape index (κ1) is 14.1. The Morgan fingerprint density at radius 2 is 2.29 bits per heavy atom. The molecule has 1 heterocycles. The molecule has 0 radical (unpaired) electrons. The van der Waals surface area contributed by atoms with Gasteiger partial charge in [0.1, 0.15) is 12.4 Å². The van der Waals surface area contributed by atoms with Gasteiger partial charge in [0.05, 0.1) is 18.2 Å². The number of fused-ring (bicyclic) bond motifs is 1. The van der Waals surface area contributed by atoms with Crippen molar-refractivity contribution in [3.8, 4) is 5.75 Å². The Labute approximate surface area is 125 Å². The van der Waals surface area contributed by atoms with Crippen LogP contribution in [0.15, 0.2) is 30.7 Å². The third kappa shape index (κ3) is 2.95. The first-order valence-corrected chi connectivity index (χ1v) is 7.67. The summed E-state index contributed by atoms with van der Waals surface area (Å²) in [6.45, 7) is 4.82. The first-order valence-electron chi connectivity index (χ1n) is 7.67. The van der Waals surface area contributed by atoms with Crippen molar-refractivity contribution in [2.45, 2.75) is 51.8 Å². The van der Waals surface area contributed by atoms with E-state index in [1.165, 1.54) is 17.5 Å². The molecule has 2 N–H and O–H groups in total. The van der Waals surface area contributed by atoms with Crippen LogP contribution >= 0.6 is 0 Å². The number of aromatic nitrogens is 2. The Kier molecular flexibility index (Phi) is 3.97. The lowest BCUT2D eigenvalue weighted by molar-refractivity contribution is 0.291. The van der Waals surface area contributed by atoms with Gasteiger partial charge in [-0.1, -0.05) is 6.07 Å². The molecule has 0 saturated carbocycles. The van der Waals surface area contributed by atoms with Gasteiger partial charge in [-0.25, -0.2) is 4.98 Å². The molecule has 0 aliphatic heterocycles. The average molecular weight is 285 g/mol. The van der Waals surface area contributed by atoms with E-state index in [4.69, 9.17) is 10.5 Å². The van der Waals surface area contributed by atoms with E-state index < -0.39 is 0 Å². The van der Waals surface area contributed by atoms with Gasteiger partial charge in [-0.2, -0.15) is 0 Å². The highest BCUT2D eigenvalue weighted by atomic mass is 16.5. The van der Waals surface area contributed by atoms with Gasteiger partial charge >= 0.3 is 0 Å². The van der Waals surface area contributed by atoms with Crippen LogP contribution in [0.1, 0.15) is 55.6 Å². The van der Waals surface area contributed by atoms with Gasteiger partial charge in [-0.3, -0.25) is 0 Å². The van der Waals surface area contributed by atoms with Crippen LogP contribution in [0.4, 0.5) is 0 Å². The van der Waals surface area contributed by atoms with E-state index in [1.807, 2.05) is 18.6 Å². The predicted molar refractivity (Wildman–Crippen MR) is 83.3 cm³/mol. The van der Waals surface area contributed by atoms with Crippen LogP contribution in [0.5, 0.6) is 5.75 Å². The summed E-state index contributed by atoms with van der Waals surface area (Å²) in [4.78, 5) is 4.20. The maximum atomic E-state index is 6.20. The number of ether oxygens (including phenoxy) is 1. The summed E-state index contributed by atoms with van der Waals surface area (Å²) in [5, 5.41) is 0.